The Bertz CT molecular complexity index is 343. The van der Waals surface area contributed by atoms with Gasteiger partial charge >= 0.3 is 0 Å². The molecule has 0 heterocycles. The van der Waals surface area contributed by atoms with Crippen molar-refractivity contribution in [3.63, 3.8) is 0 Å². The van der Waals surface area contributed by atoms with Gasteiger partial charge in [0.05, 0.1) is 0 Å². The minimum absolute atomic E-state index is 0.124. The molecule has 0 saturated carbocycles. The average Bonchev–Trinajstić information content (AvgIpc) is 2.03. The molecular weight excluding hydrogens is 197 g/mol. The number of phosphoric acid groups is 1. The van der Waals surface area contributed by atoms with Crippen LogP contribution < -0.4 is 14.3 Å². The second-order valence-corrected chi connectivity index (χ2v) is 3.20. The first kappa shape index (κ1) is 9.85. The van der Waals surface area contributed by atoms with Crippen molar-refractivity contribution >= 4 is 13.5 Å². The molecule has 0 aliphatic rings. The Morgan fingerprint density at radius 1 is 1.23 bits per heavy atom. The van der Waals surface area contributed by atoms with E-state index in [2.05, 4.69) is 9.70 Å². The van der Waals surface area contributed by atoms with E-state index in [1.165, 1.54) is 24.3 Å². The number of benzene rings is 1. The highest BCUT2D eigenvalue weighted by Crippen LogP contribution is 2.29. The first-order valence-corrected chi connectivity index (χ1v) is 4.62. The summed E-state index contributed by atoms with van der Waals surface area (Å²) in [5, 5.41) is 2.58. The lowest BCUT2D eigenvalue weighted by Crippen LogP contribution is -2.18. The lowest BCUT2D eigenvalue weighted by molar-refractivity contribution is -0.333. The van der Waals surface area contributed by atoms with E-state index in [1.807, 2.05) is 0 Å². The second-order valence-electron chi connectivity index (χ2n) is 2.12. The van der Waals surface area contributed by atoms with E-state index in [0.29, 0.717) is 0 Å². The monoisotopic (exact) mass is 201 g/mol. The van der Waals surface area contributed by atoms with Crippen LogP contribution in [0, 0.1) is 4.91 Å². The van der Waals surface area contributed by atoms with Gasteiger partial charge < -0.3 is 18.9 Å². The lowest BCUT2D eigenvalue weighted by Gasteiger charge is -2.28. The standard InChI is InChI=1S/C6H6NO5P/c8-7-5-1-3-6(4-2-5)12-13(9,10)11/h1-4H,(H2,9,10,11)/p-2. The molecule has 7 heteroatoms. The molecule has 1 aromatic rings. The lowest BCUT2D eigenvalue weighted by atomic mass is 10.3. The molecule has 0 amide bonds. The Morgan fingerprint density at radius 2 is 1.77 bits per heavy atom. The van der Waals surface area contributed by atoms with Crippen LogP contribution >= 0.6 is 7.82 Å². The predicted octanol–water partition coefficient (Wildman–Crippen LogP) is 0.292. The maximum Gasteiger partial charge on any atom is 0.124 e. The highest BCUT2D eigenvalue weighted by molar-refractivity contribution is 7.43. The maximum atomic E-state index is 10.1. The van der Waals surface area contributed by atoms with Crippen molar-refractivity contribution in [1.29, 1.82) is 0 Å². The summed E-state index contributed by atoms with van der Waals surface area (Å²) in [5.74, 6) is -0.138. The van der Waals surface area contributed by atoms with Crippen LogP contribution in [0.2, 0.25) is 0 Å². The fourth-order valence-electron chi connectivity index (χ4n) is 0.697. The molecule has 0 unspecified atom stereocenters. The Kier molecular flexibility index (Phi) is 2.77. The molecule has 0 aliphatic carbocycles. The SMILES string of the molecule is O=Nc1ccc(OP(=O)([O-])[O-])cc1. The molecule has 0 spiro atoms. The molecule has 6 nitrogen and oxygen atoms in total. The van der Waals surface area contributed by atoms with Crippen molar-refractivity contribution in [2.45, 2.75) is 0 Å². The number of nitrogens with zero attached hydrogens (tertiary/aromatic N) is 1. The quantitative estimate of drug-likeness (QED) is 0.516. The zero-order chi connectivity index (χ0) is 9.90. The third kappa shape index (κ3) is 3.33. The number of nitroso groups, excluding NO2 is 1. The van der Waals surface area contributed by atoms with Crippen LogP contribution in [0.4, 0.5) is 5.69 Å². The van der Waals surface area contributed by atoms with Gasteiger partial charge in [0, 0.05) is 0 Å². The normalized spacial score (nSPS) is 10.9. The fraction of sp³-hybridized carbons (Fsp3) is 0. The smallest absolute Gasteiger partial charge is 0.124 e. The van der Waals surface area contributed by atoms with Gasteiger partial charge in [-0.15, -0.1) is 4.91 Å². The Morgan fingerprint density at radius 3 is 2.15 bits per heavy atom. The molecule has 0 radical (unpaired) electrons. The third-order valence-corrected chi connectivity index (χ3v) is 1.59. The van der Waals surface area contributed by atoms with Gasteiger partial charge in [0.25, 0.3) is 0 Å². The number of rotatable bonds is 3. The van der Waals surface area contributed by atoms with Crippen LogP contribution in [0.15, 0.2) is 29.4 Å². The van der Waals surface area contributed by atoms with E-state index in [-0.39, 0.29) is 11.4 Å². The molecule has 0 N–H and O–H groups in total. The topological polar surface area (TPSA) is 102 Å². The first-order valence-electron chi connectivity index (χ1n) is 3.16. The van der Waals surface area contributed by atoms with Crippen LogP contribution in [0.1, 0.15) is 0 Å². The molecule has 1 aromatic carbocycles. The second kappa shape index (κ2) is 3.66. The Labute approximate surface area is 73.4 Å². The van der Waals surface area contributed by atoms with Crippen LogP contribution in [0.25, 0.3) is 0 Å². The van der Waals surface area contributed by atoms with Crippen LogP contribution in [-0.2, 0) is 4.57 Å². The first-order chi connectivity index (χ1) is 6.01. The van der Waals surface area contributed by atoms with E-state index >= 15 is 0 Å². The average molecular weight is 201 g/mol. The molecule has 1 rings (SSSR count). The number of phosphoric ester groups is 1. The minimum Gasteiger partial charge on any atom is -0.780 e. The van der Waals surface area contributed by atoms with Crippen molar-refractivity contribution in [3.8, 4) is 5.75 Å². The van der Waals surface area contributed by atoms with E-state index in [0.717, 1.165) is 0 Å². The van der Waals surface area contributed by atoms with Gasteiger partial charge in [-0.25, -0.2) is 0 Å². The van der Waals surface area contributed by atoms with Crippen molar-refractivity contribution in [3.05, 3.63) is 29.2 Å². The van der Waals surface area contributed by atoms with E-state index in [9.17, 15) is 19.3 Å². The van der Waals surface area contributed by atoms with Crippen LogP contribution in [0.3, 0.4) is 0 Å². The zero-order valence-corrected chi connectivity index (χ0v) is 7.14. The van der Waals surface area contributed by atoms with Crippen molar-refractivity contribution in [2.24, 2.45) is 5.18 Å². The summed E-state index contributed by atoms with van der Waals surface area (Å²) in [5.41, 5.74) is 0.124. The third-order valence-electron chi connectivity index (χ3n) is 1.16. The summed E-state index contributed by atoms with van der Waals surface area (Å²) in [6, 6.07) is 4.80. The van der Waals surface area contributed by atoms with Crippen LogP contribution in [0.5, 0.6) is 5.75 Å². The van der Waals surface area contributed by atoms with Gasteiger partial charge in [-0.05, 0) is 29.4 Å². The van der Waals surface area contributed by atoms with E-state index in [4.69, 9.17) is 0 Å². The molecule has 0 atom stereocenters. The summed E-state index contributed by atoms with van der Waals surface area (Å²) in [6.07, 6.45) is 0. The van der Waals surface area contributed by atoms with Gasteiger partial charge in [0.2, 0.25) is 0 Å². The van der Waals surface area contributed by atoms with Crippen molar-refractivity contribution in [1.82, 2.24) is 0 Å². The fourth-order valence-corrected chi connectivity index (χ4v) is 1.08. The predicted molar refractivity (Wildman–Crippen MR) is 40.1 cm³/mol. The van der Waals surface area contributed by atoms with Gasteiger partial charge in [-0.3, -0.25) is 0 Å². The minimum atomic E-state index is -5.02. The number of hydrogen-bond acceptors (Lipinski definition) is 6. The van der Waals surface area contributed by atoms with Gasteiger partial charge in [0.1, 0.15) is 19.3 Å². The van der Waals surface area contributed by atoms with E-state index < -0.39 is 7.82 Å². The van der Waals surface area contributed by atoms with Gasteiger partial charge in [-0.1, -0.05) is 0 Å². The molecule has 0 aliphatic heterocycles. The summed E-state index contributed by atoms with van der Waals surface area (Å²) < 4.78 is 14.1. The Hall–Kier alpha value is -1.23. The molecule has 13 heavy (non-hydrogen) atoms. The maximum absolute atomic E-state index is 10.1. The highest BCUT2D eigenvalue weighted by Gasteiger charge is 1.96. The summed E-state index contributed by atoms with van der Waals surface area (Å²) in [6.45, 7) is 0. The highest BCUT2D eigenvalue weighted by atomic mass is 31.2. The zero-order valence-electron chi connectivity index (χ0n) is 6.25. The van der Waals surface area contributed by atoms with Crippen molar-refractivity contribution in [2.75, 3.05) is 0 Å². The molecule has 0 bridgehead atoms. The molecule has 70 valence electrons. The molecule has 0 fully saturated rings. The van der Waals surface area contributed by atoms with Gasteiger partial charge in [0.15, 0.2) is 0 Å². The molecule has 0 aromatic heterocycles. The number of hydrogen-bond donors (Lipinski definition) is 0. The summed E-state index contributed by atoms with van der Waals surface area (Å²) in [4.78, 5) is 30.2. The summed E-state index contributed by atoms with van der Waals surface area (Å²) >= 11 is 0. The van der Waals surface area contributed by atoms with Crippen molar-refractivity contribution < 1.29 is 18.9 Å². The largest absolute Gasteiger partial charge is 0.780 e. The van der Waals surface area contributed by atoms with E-state index in [1.54, 1.807) is 0 Å². The van der Waals surface area contributed by atoms with Crippen LogP contribution in [-0.4, -0.2) is 0 Å². The van der Waals surface area contributed by atoms with Gasteiger partial charge in [-0.2, -0.15) is 0 Å². The molecule has 0 saturated heterocycles. The Balaban J connectivity index is 2.81. The summed E-state index contributed by atoms with van der Waals surface area (Å²) in [7, 11) is -5.02. The molecular formula is C6H4NO5P-2.